The number of amides is 1. The van der Waals surface area contributed by atoms with E-state index in [9.17, 15) is 9.59 Å². The van der Waals surface area contributed by atoms with Crippen LogP contribution in [0.15, 0.2) is 25.3 Å². The van der Waals surface area contributed by atoms with Crippen LogP contribution in [0, 0.1) is 0 Å². The second-order valence-corrected chi connectivity index (χ2v) is 1.15. The number of primary amides is 1. The quantitative estimate of drug-likeness (QED) is 0.437. The van der Waals surface area contributed by atoms with Gasteiger partial charge in [0.2, 0.25) is 5.91 Å². The number of hydrogen-bond acceptors (Lipinski definition) is 2. The van der Waals surface area contributed by atoms with Gasteiger partial charge in [0.15, 0.2) is 0 Å². The van der Waals surface area contributed by atoms with Crippen molar-refractivity contribution in [2.75, 3.05) is 0 Å². The molecule has 5 heteroatoms. The van der Waals surface area contributed by atoms with Gasteiger partial charge in [-0.1, -0.05) is 13.2 Å². The summed E-state index contributed by atoms with van der Waals surface area (Å²) in [4.78, 5) is 18.7. The van der Waals surface area contributed by atoms with Crippen molar-refractivity contribution < 1.29 is 14.7 Å². The van der Waals surface area contributed by atoms with Crippen LogP contribution in [0.1, 0.15) is 0 Å². The van der Waals surface area contributed by atoms with Gasteiger partial charge in [0.1, 0.15) is 0 Å². The molecule has 1 amide bonds. The molecule has 0 unspecified atom stereocenters. The Morgan fingerprint density at radius 3 is 1.45 bits per heavy atom. The molecule has 4 nitrogen and oxygen atoms in total. The fraction of sp³-hybridized carbons (Fsp3) is 0. The van der Waals surface area contributed by atoms with Gasteiger partial charge in [0, 0.05) is 6.08 Å². The zero-order valence-electron chi connectivity index (χ0n) is 5.41. The second kappa shape index (κ2) is 12.7. The summed E-state index contributed by atoms with van der Waals surface area (Å²) in [5, 5.41) is 7.60. The predicted molar refractivity (Wildman–Crippen MR) is 44.4 cm³/mol. The summed E-state index contributed by atoms with van der Waals surface area (Å²) < 4.78 is 0. The van der Waals surface area contributed by atoms with E-state index >= 15 is 0 Å². The average Bonchev–Trinajstić information content (AvgIpc) is 1.89. The number of carboxylic acids is 1. The molecule has 11 heavy (non-hydrogen) atoms. The molecule has 0 radical (unpaired) electrons. The summed E-state index contributed by atoms with van der Waals surface area (Å²) in [5.74, 6) is -1.46. The van der Waals surface area contributed by atoms with E-state index in [0.29, 0.717) is 0 Å². The van der Waals surface area contributed by atoms with E-state index in [4.69, 9.17) is 5.11 Å². The standard InChI is InChI=1S/C3H5NO.C3H4O2.K.H/c2*1-2-3(4)5;;/h2H,1H2,(H2,4,5);2H,1H2,(H,4,5);;. The van der Waals surface area contributed by atoms with Crippen LogP contribution in [0.4, 0.5) is 0 Å². The van der Waals surface area contributed by atoms with Gasteiger partial charge in [-0.2, -0.15) is 0 Å². The molecule has 0 heterocycles. The fourth-order valence-electron chi connectivity index (χ4n) is 0. The van der Waals surface area contributed by atoms with Gasteiger partial charge in [-0.05, 0) is 6.08 Å². The Labute approximate surface area is 108 Å². The van der Waals surface area contributed by atoms with E-state index in [1.54, 1.807) is 0 Å². The Bertz CT molecular complexity index is 138. The number of nitrogens with two attached hydrogens (primary N) is 1. The third kappa shape index (κ3) is 39.7. The van der Waals surface area contributed by atoms with E-state index in [0.717, 1.165) is 12.2 Å². The van der Waals surface area contributed by atoms with Crippen LogP contribution in [-0.2, 0) is 9.59 Å². The summed E-state index contributed by atoms with van der Waals surface area (Å²) in [7, 11) is 0. The molecule has 0 aliphatic heterocycles. The average molecular weight is 183 g/mol. The van der Waals surface area contributed by atoms with E-state index < -0.39 is 11.9 Å². The Kier molecular flexibility index (Phi) is 19.9. The molecule has 0 aromatic heterocycles. The number of aliphatic carboxylic acids is 1. The van der Waals surface area contributed by atoms with Gasteiger partial charge in [-0.25, -0.2) is 4.79 Å². The second-order valence-electron chi connectivity index (χ2n) is 1.15. The van der Waals surface area contributed by atoms with E-state index in [1.807, 2.05) is 0 Å². The maximum atomic E-state index is 9.47. The monoisotopic (exact) mass is 183 g/mol. The van der Waals surface area contributed by atoms with Crippen LogP contribution in [0.5, 0.6) is 0 Å². The van der Waals surface area contributed by atoms with Crippen molar-refractivity contribution in [1.29, 1.82) is 0 Å². The van der Waals surface area contributed by atoms with Gasteiger partial charge in [0.25, 0.3) is 0 Å². The molecule has 0 atom stereocenters. The minimum absolute atomic E-state index is 0. The summed E-state index contributed by atoms with van der Waals surface area (Å²) >= 11 is 0. The third-order valence-corrected chi connectivity index (χ3v) is 0.376. The number of hydrogen-bond donors (Lipinski definition) is 2. The van der Waals surface area contributed by atoms with E-state index in [2.05, 4.69) is 18.9 Å². The summed E-state index contributed by atoms with van der Waals surface area (Å²) in [5.41, 5.74) is 4.53. The molecule has 58 valence electrons. The fourth-order valence-corrected chi connectivity index (χ4v) is 0. The normalized spacial score (nSPS) is 5.82. The molecule has 0 fully saturated rings. The number of carbonyl (C=O) groups is 2. The first kappa shape index (κ1) is 17.2. The Balaban J connectivity index is -0.000000107. The molecular weight excluding hydrogens is 173 g/mol. The molecular formula is C6H10KNO3. The van der Waals surface area contributed by atoms with Crippen LogP contribution >= 0.6 is 0 Å². The van der Waals surface area contributed by atoms with Crippen molar-refractivity contribution in [3.05, 3.63) is 25.3 Å². The van der Waals surface area contributed by atoms with Crippen LogP contribution in [0.3, 0.4) is 0 Å². The van der Waals surface area contributed by atoms with Gasteiger partial charge in [0.05, 0.1) is 0 Å². The molecule has 0 saturated carbocycles. The van der Waals surface area contributed by atoms with Crippen molar-refractivity contribution in [2.24, 2.45) is 5.73 Å². The molecule has 3 N–H and O–H groups in total. The predicted octanol–water partition coefficient (Wildman–Crippen LogP) is -0.734. The maximum absolute atomic E-state index is 9.47. The molecule has 0 aliphatic rings. The molecule has 0 bridgehead atoms. The molecule has 0 spiro atoms. The van der Waals surface area contributed by atoms with Crippen LogP contribution in [-0.4, -0.2) is 68.4 Å². The SMILES string of the molecule is C=CC(=O)O.C=CC(N)=O.[KH]. The first-order chi connectivity index (χ1) is 4.54. The Hall–Kier alpha value is 0.0564. The van der Waals surface area contributed by atoms with Crippen molar-refractivity contribution >= 4 is 63.3 Å². The van der Waals surface area contributed by atoms with Crippen molar-refractivity contribution in [1.82, 2.24) is 0 Å². The molecule has 0 rings (SSSR count). The topological polar surface area (TPSA) is 80.4 Å². The van der Waals surface area contributed by atoms with Crippen LogP contribution in [0.25, 0.3) is 0 Å². The molecule has 0 aromatic carbocycles. The zero-order valence-corrected chi connectivity index (χ0v) is 5.41. The van der Waals surface area contributed by atoms with Gasteiger partial charge in [-0.15, -0.1) is 0 Å². The molecule has 0 aromatic rings. The minimum atomic E-state index is -0.981. The van der Waals surface area contributed by atoms with Crippen molar-refractivity contribution in [3.63, 3.8) is 0 Å². The van der Waals surface area contributed by atoms with Gasteiger partial charge >= 0.3 is 57.4 Å². The summed E-state index contributed by atoms with van der Waals surface area (Å²) in [6.07, 6.45) is 1.89. The van der Waals surface area contributed by atoms with Crippen LogP contribution in [0.2, 0.25) is 0 Å². The molecule has 0 saturated heterocycles. The summed E-state index contributed by atoms with van der Waals surface area (Å²) in [6, 6.07) is 0. The summed E-state index contributed by atoms with van der Waals surface area (Å²) in [6.45, 7) is 6.05. The van der Waals surface area contributed by atoms with Gasteiger partial charge in [-0.3, -0.25) is 4.79 Å². The number of rotatable bonds is 2. The number of carbonyl (C=O) groups excluding carboxylic acids is 1. The first-order valence-electron chi connectivity index (χ1n) is 2.31. The zero-order chi connectivity index (χ0) is 8.57. The van der Waals surface area contributed by atoms with Gasteiger partial charge < -0.3 is 10.8 Å². The van der Waals surface area contributed by atoms with Crippen LogP contribution < -0.4 is 5.73 Å². The third-order valence-electron chi connectivity index (χ3n) is 0.376. The van der Waals surface area contributed by atoms with E-state index in [1.165, 1.54) is 0 Å². The van der Waals surface area contributed by atoms with Crippen molar-refractivity contribution in [3.8, 4) is 0 Å². The Morgan fingerprint density at radius 1 is 1.27 bits per heavy atom. The number of carboxylic acid groups (broad SMARTS) is 1. The van der Waals surface area contributed by atoms with E-state index in [-0.39, 0.29) is 51.4 Å². The Morgan fingerprint density at radius 2 is 1.45 bits per heavy atom. The first-order valence-corrected chi connectivity index (χ1v) is 2.31. The van der Waals surface area contributed by atoms with Crippen molar-refractivity contribution in [2.45, 2.75) is 0 Å². The molecule has 0 aliphatic carbocycles.